The summed E-state index contributed by atoms with van der Waals surface area (Å²) in [5.41, 5.74) is 1.37. The smallest absolute Gasteiger partial charge is 0.338 e. The Morgan fingerprint density at radius 2 is 1.48 bits per heavy atom. The van der Waals surface area contributed by atoms with Gasteiger partial charge in [0.15, 0.2) is 12.4 Å². The molecule has 8 heteroatoms. The second-order valence-electron chi connectivity index (χ2n) is 6.44. The van der Waals surface area contributed by atoms with Crippen molar-refractivity contribution in [3.63, 3.8) is 0 Å². The van der Waals surface area contributed by atoms with Crippen LogP contribution in [0.2, 0.25) is 0 Å². The number of sulfonamides is 1. The third-order valence-corrected chi connectivity index (χ3v) is 5.14. The quantitative estimate of drug-likeness (QED) is 0.418. The molecule has 0 saturated carbocycles. The highest BCUT2D eigenvalue weighted by Gasteiger charge is 2.13. The van der Waals surface area contributed by atoms with Crippen LogP contribution in [0.4, 0.5) is 10.1 Å². The van der Waals surface area contributed by atoms with E-state index in [2.05, 4.69) is 4.72 Å². The van der Waals surface area contributed by atoms with E-state index in [0.29, 0.717) is 0 Å². The predicted molar refractivity (Wildman–Crippen MR) is 115 cm³/mol. The van der Waals surface area contributed by atoms with Crippen LogP contribution < -0.4 is 4.72 Å². The Hall–Kier alpha value is -3.78. The number of hydrogen-bond donors (Lipinski definition) is 1. The van der Waals surface area contributed by atoms with Crippen molar-refractivity contribution in [2.75, 3.05) is 11.3 Å². The third kappa shape index (κ3) is 6.61. The first kappa shape index (κ1) is 21.9. The molecule has 0 unspecified atom stereocenters. The van der Waals surface area contributed by atoms with E-state index in [9.17, 15) is 22.4 Å². The van der Waals surface area contributed by atoms with Gasteiger partial charge in [0.25, 0.3) is 10.0 Å². The lowest BCUT2D eigenvalue weighted by Gasteiger charge is -2.07. The highest BCUT2D eigenvalue weighted by molar-refractivity contribution is 7.95. The van der Waals surface area contributed by atoms with Gasteiger partial charge in [-0.1, -0.05) is 30.3 Å². The first-order chi connectivity index (χ1) is 14.8. The summed E-state index contributed by atoms with van der Waals surface area (Å²) in [6.07, 6.45) is 1.46. The van der Waals surface area contributed by atoms with Crippen LogP contribution in [0.1, 0.15) is 26.3 Å². The second-order valence-corrected chi connectivity index (χ2v) is 8.01. The first-order valence-electron chi connectivity index (χ1n) is 9.14. The summed E-state index contributed by atoms with van der Waals surface area (Å²) in [5.74, 6) is -1.68. The lowest BCUT2D eigenvalue weighted by Crippen LogP contribution is -2.14. The molecule has 0 aliphatic heterocycles. The largest absolute Gasteiger partial charge is 0.454 e. The van der Waals surface area contributed by atoms with Gasteiger partial charge >= 0.3 is 5.97 Å². The number of esters is 1. The van der Waals surface area contributed by atoms with Crippen molar-refractivity contribution in [3.8, 4) is 0 Å². The molecule has 0 fully saturated rings. The SMILES string of the molecule is O=C(COC(=O)c1ccc(NS(=O)(=O)/C=C/c2ccccc2)cc1)c1ccc(F)cc1. The van der Waals surface area contributed by atoms with E-state index in [-0.39, 0.29) is 16.8 Å². The maximum absolute atomic E-state index is 12.9. The molecule has 158 valence electrons. The number of ketones is 1. The third-order valence-electron chi connectivity index (χ3n) is 4.12. The molecule has 0 radical (unpaired) electrons. The average Bonchev–Trinajstić information content (AvgIpc) is 2.77. The van der Waals surface area contributed by atoms with Crippen LogP contribution >= 0.6 is 0 Å². The Balaban J connectivity index is 1.56. The second kappa shape index (κ2) is 9.82. The van der Waals surface area contributed by atoms with Gasteiger partial charge < -0.3 is 4.74 Å². The van der Waals surface area contributed by atoms with Gasteiger partial charge in [0, 0.05) is 11.3 Å². The number of nitrogens with one attached hydrogen (secondary N) is 1. The highest BCUT2D eigenvalue weighted by atomic mass is 32.2. The van der Waals surface area contributed by atoms with Gasteiger partial charge in [0.05, 0.1) is 11.0 Å². The molecule has 0 aliphatic carbocycles. The molecular formula is C23H18FNO5S. The number of carbonyl (C=O) groups excluding carboxylic acids is 2. The van der Waals surface area contributed by atoms with Crippen molar-refractivity contribution in [2.45, 2.75) is 0 Å². The minimum absolute atomic E-state index is 0.148. The molecule has 3 rings (SSSR count). The minimum atomic E-state index is -3.74. The number of anilines is 1. The van der Waals surface area contributed by atoms with Crippen molar-refractivity contribution >= 4 is 33.5 Å². The summed E-state index contributed by atoms with van der Waals surface area (Å²) in [6, 6.07) is 19.4. The van der Waals surface area contributed by atoms with Crippen molar-refractivity contribution in [2.24, 2.45) is 0 Å². The average molecular weight is 439 g/mol. The summed E-state index contributed by atoms with van der Waals surface area (Å²) in [4.78, 5) is 24.1. The number of benzene rings is 3. The molecule has 6 nitrogen and oxygen atoms in total. The number of halogens is 1. The van der Waals surface area contributed by atoms with Crippen LogP contribution in [0.3, 0.4) is 0 Å². The van der Waals surface area contributed by atoms with E-state index in [1.165, 1.54) is 42.5 Å². The Kier molecular flexibility index (Phi) is 6.94. The summed E-state index contributed by atoms with van der Waals surface area (Å²) in [7, 11) is -3.74. The molecule has 3 aromatic rings. The van der Waals surface area contributed by atoms with Gasteiger partial charge in [-0.2, -0.15) is 0 Å². The van der Waals surface area contributed by atoms with Crippen molar-refractivity contribution in [1.29, 1.82) is 0 Å². The molecular weight excluding hydrogens is 421 g/mol. The number of ether oxygens (including phenoxy) is 1. The van der Waals surface area contributed by atoms with Gasteiger partial charge in [-0.25, -0.2) is 17.6 Å². The van der Waals surface area contributed by atoms with Gasteiger partial charge in [-0.05, 0) is 60.2 Å². The first-order valence-corrected chi connectivity index (χ1v) is 10.7. The highest BCUT2D eigenvalue weighted by Crippen LogP contribution is 2.14. The van der Waals surface area contributed by atoms with Crippen molar-refractivity contribution in [3.05, 3.63) is 107 Å². The maximum atomic E-state index is 12.9. The van der Waals surface area contributed by atoms with Gasteiger partial charge in [0.1, 0.15) is 5.82 Å². The number of hydrogen-bond acceptors (Lipinski definition) is 5. The summed E-state index contributed by atoms with van der Waals surface area (Å²) in [5, 5.41) is 1.05. The van der Waals surface area contributed by atoms with Crippen LogP contribution in [-0.2, 0) is 14.8 Å². The molecule has 31 heavy (non-hydrogen) atoms. The lowest BCUT2D eigenvalue weighted by molar-refractivity contribution is 0.0475. The molecule has 0 spiro atoms. The lowest BCUT2D eigenvalue weighted by atomic mass is 10.1. The zero-order valence-electron chi connectivity index (χ0n) is 16.2. The van der Waals surface area contributed by atoms with E-state index in [0.717, 1.165) is 23.1 Å². The van der Waals surface area contributed by atoms with Crippen LogP contribution in [0, 0.1) is 5.82 Å². The molecule has 1 N–H and O–H groups in total. The number of Topliss-reactive ketones (excluding diaryl/α,β-unsaturated/α-hetero) is 1. The monoisotopic (exact) mass is 439 g/mol. The zero-order valence-corrected chi connectivity index (χ0v) is 17.0. The number of rotatable bonds is 8. The molecule has 0 saturated heterocycles. The minimum Gasteiger partial charge on any atom is -0.454 e. The fraction of sp³-hybridized carbons (Fsp3) is 0.0435. The van der Waals surface area contributed by atoms with Crippen LogP contribution in [-0.4, -0.2) is 26.8 Å². The van der Waals surface area contributed by atoms with Gasteiger partial charge in [0.2, 0.25) is 0 Å². The molecule has 3 aromatic carbocycles. The Bertz CT molecular complexity index is 1190. The summed E-state index contributed by atoms with van der Waals surface area (Å²) < 4.78 is 44.6. The van der Waals surface area contributed by atoms with Crippen molar-refractivity contribution in [1.82, 2.24) is 0 Å². The van der Waals surface area contributed by atoms with E-state index in [1.807, 2.05) is 6.07 Å². The fourth-order valence-corrected chi connectivity index (χ4v) is 3.41. The zero-order chi connectivity index (χ0) is 22.3. The van der Waals surface area contributed by atoms with Crippen LogP contribution in [0.15, 0.2) is 84.3 Å². The predicted octanol–water partition coefficient (Wildman–Crippen LogP) is 4.28. The standard InChI is InChI=1S/C23H18FNO5S/c24-20-10-6-18(7-11-20)22(26)16-30-23(27)19-8-12-21(13-9-19)25-31(28,29)15-14-17-4-2-1-3-5-17/h1-15,25H,16H2/b15-14+. The van der Waals surface area contributed by atoms with E-state index < -0.39 is 34.2 Å². The molecule has 0 aliphatic rings. The van der Waals surface area contributed by atoms with Crippen LogP contribution in [0.5, 0.6) is 0 Å². The topological polar surface area (TPSA) is 89.5 Å². The van der Waals surface area contributed by atoms with E-state index in [1.54, 1.807) is 24.3 Å². The molecule has 0 bridgehead atoms. The van der Waals surface area contributed by atoms with Crippen molar-refractivity contribution < 1.29 is 27.1 Å². The molecule has 0 atom stereocenters. The summed E-state index contributed by atoms with van der Waals surface area (Å²) >= 11 is 0. The normalized spacial score (nSPS) is 11.3. The van der Waals surface area contributed by atoms with E-state index in [4.69, 9.17) is 4.74 Å². The maximum Gasteiger partial charge on any atom is 0.338 e. The number of carbonyl (C=O) groups is 2. The molecule has 0 aromatic heterocycles. The fourth-order valence-electron chi connectivity index (χ4n) is 2.54. The van der Waals surface area contributed by atoms with E-state index >= 15 is 0 Å². The Morgan fingerprint density at radius 1 is 0.871 bits per heavy atom. The van der Waals surface area contributed by atoms with Gasteiger partial charge in [-0.3, -0.25) is 9.52 Å². The van der Waals surface area contributed by atoms with Gasteiger partial charge in [-0.15, -0.1) is 0 Å². The summed E-state index contributed by atoms with van der Waals surface area (Å²) in [6.45, 7) is -0.497. The Morgan fingerprint density at radius 3 is 2.13 bits per heavy atom. The molecule has 0 amide bonds. The van der Waals surface area contributed by atoms with Crippen LogP contribution in [0.25, 0.3) is 6.08 Å². The molecule has 0 heterocycles. The Labute approximate surface area is 179 Å².